The van der Waals surface area contributed by atoms with Crippen LogP contribution in [0.5, 0.6) is 23.0 Å². The highest BCUT2D eigenvalue weighted by Gasteiger charge is 2.33. The molecular formula is C20H20O5. The summed E-state index contributed by atoms with van der Waals surface area (Å²) in [6, 6.07) is 7.39. The molecule has 0 saturated carbocycles. The van der Waals surface area contributed by atoms with Crippen molar-refractivity contribution in [3.05, 3.63) is 58.7 Å². The second-order valence-electron chi connectivity index (χ2n) is 6.39. The molecule has 0 aliphatic carbocycles. The molecule has 3 N–H and O–H groups in total. The van der Waals surface area contributed by atoms with E-state index in [0.717, 1.165) is 5.57 Å². The smallest absolute Gasteiger partial charge is 0.177 e. The van der Waals surface area contributed by atoms with Crippen LogP contribution in [0.1, 0.15) is 41.3 Å². The van der Waals surface area contributed by atoms with Crippen molar-refractivity contribution in [3.63, 3.8) is 0 Å². The maximum atomic E-state index is 12.8. The van der Waals surface area contributed by atoms with Gasteiger partial charge >= 0.3 is 0 Å². The average Bonchev–Trinajstić information content (AvgIpc) is 2.55. The predicted molar refractivity (Wildman–Crippen MR) is 93.6 cm³/mol. The number of ketones is 1. The number of fused-ring (bicyclic) bond motifs is 1. The number of carbonyl (C=O) groups is 1. The average molecular weight is 340 g/mol. The van der Waals surface area contributed by atoms with Gasteiger partial charge in [0.15, 0.2) is 5.78 Å². The molecule has 2 aromatic rings. The van der Waals surface area contributed by atoms with Crippen LogP contribution < -0.4 is 4.74 Å². The van der Waals surface area contributed by atoms with Gasteiger partial charge in [0.2, 0.25) is 0 Å². The largest absolute Gasteiger partial charge is 0.508 e. The molecule has 0 bridgehead atoms. The second-order valence-corrected chi connectivity index (χ2v) is 6.39. The zero-order valence-corrected chi connectivity index (χ0v) is 14.1. The number of aromatic hydroxyl groups is 3. The van der Waals surface area contributed by atoms with E-state index in [2.05, 4.69) is 0 Å². The van der Waals surface area contributed by atoms with Crippen LogP contribution in [0, 0.1) is 0 Å². The molecule has 0 aromatic heterocycles. The zero-order chi connectivity index (χ0) is 18.1. The number of allylic oxidation sites excluding steroid dienone is 2. The molecular weight excluding hydrogens is 320 g/mol. The van der Waals surface area contributed by atoms with Crippen molar-refractivity contribution in [2.24, 2.45) is 0 Å². The summed E-state index contributed by atoms with van der Waals surface area (Å²) in [5.74, 6) is -0.570. The zero-order valence-electron chi connectivity index (χ0n) is 14.1. The van der Waals surface area contributed by atoms with Crippen molar-refractivity contribution in [2.45, 2.75) is 26.2 Å². The van der Waals surface area contributed by atoms with Crippen LogP contribution in [0.4, 0.5) is 0 Å². The molecule has 0 fully saturated rings. The summed E-state index contributed by atoms with van der Waals surface area (Å²) in [5.41, 5.74) is 2.25. The van der Waals surface area contributed by atoms with E-state index in [1.54, 1.807) is 6.07 Å². The molecule has 130 valence electrons. The highest BCUT2D eigenvalue weighted by atomic mass is 16.5. The van der Waals surface area contributed by atoms with Crippen LogP contribution in [-0.4, -0.2) is 27.7 Å². The normalized spacial score (nSPS) is 16.1. The van der Waals surface area contributed by atoms with Crippen molar-refractivity contribution >= 4 is 5.78 Å². The Morgan fingerprint density at radius 3 is 2.68 bits per heavy atom. The number of hydrogen-bond donors (Lipinski definition) is 3. The first kappa shape index (κ1) is 16.9. The number of hydrogen-bond acceptors (Lipinski definition) is 5. The third-order valence-corrected chi connectivity index (χ3v) is 4.33. The van der Waals surface area contributed by atoms with E-state index >= 15 is 0 Å². The molecule has 1 atom stereocenters. The van der Waals surface area contributed by atoms with Crippen LogP contribution in [-0.2, 0) is 6.42 Å². The molecule has 1 heterocycles. The van der Waals surface area contributed by atoms with Crippen molar-refractivity contribution < 1.29 is 24.9 Å². The number of carbonyl (C=O) groups excluding carboxylic acids is 1. The lowest BCUT2D eigenvalue weighted by molar-refractivity contribution is 0.0894. The van der Waals surface area contributed by atoms with Gasteiger partial charge < -0.3 is 20.1 Å². The van der Waals surface area contributed by atoms with Gasteiger partial charge in [0, 0.05) is 17.2 Å². The third-order valence-electron chi connectivity index (χ3n) is 4.33. The van der Waals surface area contributed by atoms with Gasteiger partial charge in [-0.05, 0) is 38.5 Å². The van der Waals surface area contributed by atoms with Crippen LogP contribution in [0.2, 0.25) is 0 Å². The Morgan fingerprint density at radius 1 is 1.20 bits per heavy atom. The fourth-order valence-corrected chi connectivity index (χ4v) is 2.93. The minimum atomic E-state index is -0.664. The van der Waals surface area contributed by atoms with Crippen LogP contribution >= 0.6 is 0 Å². The molecule has 0 radical (unpaired) electrons. The maximum Gasteiger partial charge on any atom is 0.177 e. The molecule has 1 unspecified atom stereocenters. The summed E-state index contributed by atoms with van der Waals surface area (Å²) in [4.78, 5) is 12.8. The fourth-order valence-electron chi connectivity index (χ4n) is 2.93. The SMILES string of the molecule is CC(C)=CCc1c(O)ccc(C2COc3cc(O)ccc3C2=O)c1O. The van der Waals surface area contributed by atoms with Gasteiger partial charge in [-0.15, -0.1) is 0 Å². The van der Waals surface area contributed by atoms with Crippen LogP contribution in [0.3, 0.4) is 0 Å². The van der Waals surface area contributed by atoms with Gasteiger partial charge in [-0.2, -0.15) is 0 Å². The fraction of sp³-hybridized carbons (Fsp3) is 0.250. The first-order valence-corrected chi connectivity index (χ1v) is 8.05. The number of phenolic OH excluding ortho intramolecular Hbond substituents is 3. The third kappa shape index (κ3) is 3.18. The monoisotopic (exact) mass is 340 g/mol. The van der Waals surface area contributed by atoms with Crippen molar-refractivity contribution in [1.82, 2.24) is 0 Å². The lowest BCUT2D eigenvalue weighted by Gasteiger charge is -2.25. The minimum absolute atomic E-state index is 0.00625. The number of rotatable bonds is 3. The summed E-state index contributed by atoms with van der Waals surface area (Å²) in [7, 11) is 0. The van der Waals surface area contributed by atoms with E-state index in [0.29, 0.717) is 28.9 Å². The Hall–Kier alpha value is -2.95. The molecule has 25 heavy (non-hydrogen) atoms. The molecule has 5 nitrogen and oxygen atoms in total. The van der Waals surface area contributed by atoms with E-state index in [1.807, 2.05) is 19.9 Å². The molecule has 1 aliphatic rings. The van der Waals surface area contributed by atoms with Crippen molar-refractivity contribution in [3.8, 4) is 23.0 Å². The highest BCUT2D eigenvalue weighted by Crippen LogP contribution is 2.40. The Kier molecular flexibility index (Phi) is 4.40. The highest BCUT2D eigenvalue weighted by molar-refractivity contribution is 6.04. The summed E-state index contributed by atoms with van der Waals surface area (Å²) >= 11 is 0. The van der Waals surface area contributed by atoms with Crippen molar-refractivity contribution in [2.75, 3.05) is 6.61 Å². The lowest BCUT2D eigenvalue weighted by Crippen LogP contribution is -2.26. The van der Waals surface area contributed by atoms with Crippen LogP contribution in [0.15, 0.2) is 42.0 Å². The molecule has 2 aromatic carbocycles. The Balaban J connectivity index is 2.00. The van der Waals surface area contributed by atoms with E-state index in [1.165, 1.54) is 24.3 Å². The Bertz CT molecular complexity index is 863. The first-order chi connectivity index (χ1) is 11.9. The molecule has 0 spiro atoms. The van der Waals surface area contributed by atoms with E-state index < -0.39 is 5.92 Å². The van der Waals surface area contributed by atoms with Gasteiger partial charge in [0.05, 0.1) is 11.5 Å². The molecule has 1 aliphatic heterocycles. The second kappa shape index (κ2) is 6.51. The summed E-state index contributed by atoms with van der Waals surface area (Å²) < 4.78 is 5.60. The number of Topliss-reactive ketones (excluding diaryl/α,β-unsaturated/α-hetero) is 1. The maximum absolute atomic E-state index is 12.8. The van der Waals surface area contributed by atoms with Gasteiger partial charge in [0.1, 0.15) is 29.6 Å². The van der Waals surface area contributed by atoms with Gasteiger partial charge in [-0.3, -0.25) is 4.79 Å². The summed E-state index contributed by atoms with van der Waals surface area (Å²) in [6.07, 6.45) is 2.27. The number of ether oxygens (including phenoxy) is 1. The minimum Gasteiger partial charge on any atom is -0.508 e. The molecule has 0 saturated heterocycles. The molecule has 0 amide bonds. The Labute approximate surface area is 145 Å². The topological polar surface area (TPSA) is 87.0 Å². The van der Waals surface area contributed by atoms with E-state index in [4.69, 9.17) is 4.74 Å². The lowest BCUT2D eigenvalue weighted by atomic mass is 9.87. The Morgan fingerprint density at radius 2 is 1.96 bits per heavy atom. The number of phenols is 3. The van der Waals surface area contributed by atoms with Gasteiger partial charge in [0.25, 0.3) is 0 Å². The van der Waals surface area contributed by atoms with E-state index in [9.17, 15) is 20.1 Å². The standard InChI is InChI=1S/C20H20O5/c1-11(2)3-5-14-17(22)8-7-13(19(14)23)16-10-25-18-9-12(21)4-6-15(18)20(16)24/h3-4,6-9,16,21-23H,5,10H2,1-2H3. The number of benzene rings is 2. The quantitative estimate of drug-likeness (QED) is 0.742. The summed E-state index contributed by atoms with van der Waals surface area (Å²) in [5, 5.41) is 30.2. The van der Waals surface area contributed by atoms with Gasteiger partial charge in [-0.25, -0.2) is 0 Å². The summed E-state index contributed by atoms with van der Waals surface area (Å²) in [6.45, 7) is 3.93. The van der Waals surface area contributed by atoms with Gasteiger partial charge in [-0.1, -0.05) is 17.7 Å². The van der Waals surface area contributed by atoms with Crippen molar-refractivity contribution in [1.29, 1.82) is 0 Å². The van der Waals surface area contributed by atoms with Crippen LogP contribution in [0.25, 0.3) is 0 Å². The molecule has 3 rings (SSSR count). The predicted octanol–water partition coefficient (Wildman–Crippen LogP) is 3.67. The molecule has 5 heteroatoms. The van der Waals surface area contributed by atoms with E-state index in [-0.39, 0.29) is 29.6 Å². The first-order valence-electron chi connectivity index (χ1n) is 8.05.